The summed E-state index contributed by atoms with van der Waals surface area (Å²) in [5.41, 5.74) is 5.42. The van der Waals surface area contributed by atoms with Crippen LogP contribution >= 0.6 is 11.3 Å². The molecule has 1 atom stereocenters. The Hall–Kier alpha value is -1.61. The number of thiazole rings is 1. The average Bonchev–Trinajstić information content (AvgIpc) is 3.32. The maximum atomic E-state index is 12.8. The number of aromatic nitrogens is 1. The van der Waals surface area contributed by atoms with Crippen LogP contribution in [0, 0.1) is 0 Å². The van der Waals surface area contributed by atoms with Gasteiger partial charge in [0.15, 0.2) is 9.92 Å². The van der Waals surface area contributed by atoms with Gasteiger partial charge in [-0.3, -0.25) is 4.79 Å². The third-order valence-corrected chi connectivity index (χ3v) is 8.68. The van der Waals surface area contributed by atoms with Crippen LogP contribution in [-0.4, -0.2) is 20.2 Å². The van der Waals surface area contributed by atoms with Crippen molar-refractivity contribution < 1.29 is 14.1 Å². The summed E-state index contributed by atoms with van der Waals surface area (Å²) >= 11 is 1.02. The molecule has 1 heterocycles. The molecule has 2 aliphatic rings. The zero-order valence-corrected chi connectivity index (χ0v) is 17.8. The van der Waals surface area contributed by atoms with E-state index in [0.29, 0.717) is 5.01 Å². The van der Waals surface area contributed by atoms with E-state index in [4.69, 9.17) is 5.14 Å². The molecule has 6 nitrogen and oxygen atoms in total. The molecule has 1 amide bonds. The first-order chi connectivity index (χ1) is 13.1. The third-order valence-electron chi connectivity index (χ3n) is 5.45. The summed E-state index contributed by atoms with van der Waals surface area (Å²) in [5, 5.41) is 16.3. The Balaban J connectivity index is 1.62. The van der Waals surface area contributed by atoms with Crippen LogP contribution in [0.5, 0.6) is 0 Å². The fourth-order valence-corrected chi connectivity index (χ4v) is 6.36. The molecule has 0 fully saturated rings. The minimum atomic E-state index is -3.37. The first kappa shape index (κ1) is 19.7. The van der Waals surface area contributed by atoms with Crippen molar-refractivity contribution in [2.45, 2.75) is 68.6 Å². The smallest absolute Gasteiger partial charge is 0.259 e. The topological polar surface area (TPSA) is 106 Å². The number of fused-ring (bicyclic) bond motifs is 3. The molecule has 1 aromatic heterocycles. The first-order valence-corrected chi connectivity index (χ1v) is 12.0. The Kier molecular flexibility index (Phi) is 4.94. The fourth-order valence-electron chi connectivity index (χ4n) is 4.23. The summed E-state index contributed by atoms with van der Waals surface area (Å²) in [7, 11) is -3.37. The van der Waals surface area contributed by atoms with Crippen molar-refractivity contribution in [1.82, 2.24) is 4.98 Å². The summed E-state index contributed by atoms with van der Waals surface area (Å²) in [5.74, 6) is -0.474. The molecule has 8 heteroatoms. The minimum absolute atomic E-state index is 0.126. The van der Waals surface area contributed by atoms with Crippen LogP contribution in [0.25, 0.3) is 0 Å². The van der Waals surface area contributed by atoms with Gasteiger partial charge in [0.1, 0.15) is 14.8 Å². The SMILES string of the molecule is CC(C)(O)c1ncc(S(N)(=O)=NC(=O)Cc2cc3c(c4c2CCC4)CCC3)s1. The Bertz CT molecular complexity index is 1070. The van der Waals surface area contributed by atoms with E-state index in [-0.39, 0.29) is 10.6 Å². The highest BCUT2D eigenvalue weighted by Gasteiger charge is 2.26. The number of nitrogens with two attached hydrogens (primary N) is 1. The molecule has 150 valence electrons. The molecule has 0 radical (unpaired) electrons. The van der Waals surface area contributed by atoms with E-state index in [2.05, 4.69) is 15.4 Å². The van der Waals surface area contributed by atoms with Crippen LogP contribution in [0.2, 0.25) is 0 Å². The largest absolute Gasteiger partial charge is 0.383 e. The van der Waals surface area contributed by atoms with Gasteiger partial charge in [0.05, 0.1) is 12.6 Å². The zero-order valence-electron chi connectivity index (χ0n) is 16.2. The standard InChI is InChI=1S/C20H25N3O3S2/c1-20(2,25)19-22-11-18(27-19)28(21,26)23-17(24)10-13-9-12-5-3-6-14(12)16-8-4-7-15(13)16/h9,11,25H,3-8,10H2,1-2H3,(H2,21,23,24,26). The van der Waals surface area contributed by atoms with Crippen LogP contribution in [0.3, 0.4) is 0 Å². The summed E-state index contributed by atoms with van der Waals surface area (Å²) in [6.07, 6.45) is 8.05. The second-order valence-corrected chi connectivity index (χ2v) is 11.2. The number of hydrogen-bond acceptors (Lipinski definition) is 5. The van der Waals surface area contributed by atoms with E-state index in [1.807, 2.05) is 0 Å². The maximum Gasteiger partial charge on any atom is 0.259 e. The number of hydrogen-bond donors (Lipinski definition) is 2. The number of rotatable bonds is 4. The van der Waals surface area contributed by atoms with Gasteiger partial charge in [0, 0.05) is 0 Å². The molecule has 28 heavy (non-hydrogen) atoms. The number of aliphatic hydroxyl groups is 1. The van der Waals surface area contributed by atoms with Gasteiger partial charge in [-0.1, -0.05) is 6.07 Å². The maximum absolute atomic E-state index is 12.8. The van der Waals surface area contributed by atoms with Crippen LogP contribution < -0.4 is 5.14 Å². The lowest BCUT2D eigenvalue weighted by Gasteiger charge is -2.13. The van der Waals surface area contributed by atoms with Crippen molar-refractivity contribution in [3.05, 3.63) is 45.1 Å². The molecule has 3 N–H and O–H groups in total. The lowest BCUT2D eigenvalue weighted by molar-refractivity contribution is -0.117. The van der Waals surface area contributed by atoms with Crippen LogP contribution in [0.1, 0.15) is 59.5 Å². The molecule has 0 aliphatic heterocycles. The second-order valence-electron chi connectivity index (χ2n) is 8.11. The van der Waals surface area contributed by atoms with Crippen molar-refractivity contribution in [3.8, 4) is 0 Å². The number of nitrogens with zero attached hydrogens (tertiary/aromatic N) is 2. The molecule has 2 aliphatic carbocycles. The van der Waals surface area contributed by atoms with Gasteiger partial charge in [0.25, 0.3) is 5.91 Å². The Labute approximate surface area is 169 Å². The van der Waals surface area contributed by atoms with Crippen LogP contribution in [-0.2, 0) is 52.4 Å². The fraction of sp³-hybridized carbons (Fsp3) is 0.500. The quantitative estimate of drug-likeness (QED) is 0.795. The van der Waals surface area contributed by atoms with Gasteiger partial charge in [-0.15, -0.1) is 15.7 Å². The molecular weight excluding hydrogens is 394 g/mol. The summed E-state index contributed by atoms with van der Waals surface area (Å²) in [6, 6.07) is 2.15. The lowest BCUT2D eigenvalue weighted by atomic mass is 9.93. The van der Waals surface area contributed by atoms with Gasteiger partial charge in [-0.2, -0.15) is 0 Å². The number of carbonyl (C=O) groups is 1. The van der Waals surface area contributed by atoms with Crippen LogP contribution in [0.4, 0.5) is 0 Å². The number of amides is 1. The molecular formula is C20H25N3O3S2. The highest BCUT2D eigenvalue weighted by molar-refractivity contribution is 7.93. The second kappa shape index (κ2) is 7.02. The molecule has 1 aromatic carbocycles. The van der Waals surface area contributed by atoms with E-state index < -0.39 is 21.4 Å². The highest BCUT2D eigenvalue weighted by Crippen LogP contribution is 2.36. The summed E-state index contributed by atoms with van der Waals surface area (Å²) < 4.78 is 16.9. The van der Waals surface area contributed by atoms with Crippen LogP contribution in [0.15, 0.2) is 20.8 Å². The molecule has 2 aromatic rings. The van der Waals surface area contributed by atoms with E-state index in [1.54, 1.807) is 13.8 Å². The number of benzene rings is 1. The first-order valence-electron chi connectivity index (χ1n) is 9.57. The van der Waals surface area contributed by atoms with Crippen molar-refractivity contribution in [2.75, 3.05) is 0 Å². The van der Waals surface area contributed by atoms with E-state index >= 15 is 0 Å². The van der Waals surface area contributed by atoms with Gasteiger partial charge < -0.3 is 5.11 Å². The highest BCUT2D eigenvalue weighted by atomic mass is 32.2. The van der Waals surface area contributed by atoms with Gasteiger partial charge in [0.2, 0.25) is 0 Å². The predicted octanol–water partition coefficient (Wildman–Crippen LogP) is 2.82. The molecule has 4 rings (SSSR count). The molecule has 0 bridgehead atoms. The predicted molar refractivity (Wildman–Crippen MR) is 110 cm³/mol. The van der Waals surface area contributed by atoms with E-state index in [9.17, 15) is 14.1 Å². The number of aryl methyl sites for hydroxylation is 1. The average molecular weight is 420 g/mol. The Morgan fingerprint density at radius 1 is 1.25 bits per heavy atom. The summed E-state index contributed by atoms with van der Waals surface area (Å²) in [4.78, 5) is 16.7. The summed E-state index contributed by atoms with van der Waals surface area (Å²) in [6.45, 7) is 3.18. The van der Waals surface area contributed by atoms with E-state index in [0.717, 1.165) is 49.0 Å². The van der Waals surface area contributed by atoms with Crippen molar-refractivity contribution in [3.63, 3.8) is 0 Å². The molecule has 0 spiro atoms. The monoisotopic (exact) mass is 419 g/mol. The van der Waals surface area contributed by atoms with Crippen molar-refractivity contribution in [1.29, 1.82) is 0 Å². The third kappa shape index (κ3) is 3.66. The van der Waals surface area contributed by atoms with Crippen molar-refractivity contribution in [2.24, 2.45) is 9.50 Å². The lowest BCUT2D eigenvalue weighted by Crippen LogP contribution is -2.16. The minimum Gasteiger partial charge on any atom is -0.383 e. The van der Waals surface area contributed by atoms with Crippen molar-refractivity contribution >= 4 is 27.2 Å². The van der Waals surface area contributed by atoms with Gasteiger partial charge >= 0.3 is 0 Å². The zero-order chi connectivity index (χ0) is 20.1. The normalized spacial score (nSPS) is 17.9. The molecule has 0 saturated heterocycles. The Morgan fingerprint density at radius 3 is 2.64 bits per heavy atom. The number of carbonyl (C=O) groups excluding carboxylic acids is 1. The van der Waals surface area contributed by atoms with E-state index in [1.165, 1.54) is 34.9 Å². The molecule has 0 saturated carbocycles. The Morgan fingerprint density at radius 2 is 1.93 bits per heavy atom. The van der Waals surface area contributed by atoms with Gasteiger partial charge in [-0.05, 0) is 80.2 Å². The molecule has 1 unspecified atom stereocenters. The van der Waals surface area contributed by atoms with Gasteiger partial charge in [-0.25, -0.2) is 14.3 Å².